The molecule has 0 N–H and O–H groups in total. The van der Waals surface area contributed by atoms with Crippen LogP contribution in [-0.2, 0) is 28.6 Å². The zero-order valence-corrected chi connectivity index (χ0v) is 25.5. The van der Waals surface area contributed by atoms with Gasteiger partial charge in [-0.1, -0.05) is 46.8 Å². The van der Waals surface area contributed by atoms with E-state index in [2.05, 4.69) is 46.8 Å². The molecule has 6 heteroatoms. The van der Waals surface area contributed by atoms with Crippen LogP contribution in [0.3, 0.4) is 0 Å². The molecule has 4 aliphatic rings. The Balaban J connectivity index is 1.64. The Hall–Kier alpha value is -1.85. The lowest BCUT2D eigenvalue weighted by atomic mass is 9.43. The van der Waals surface area contributed by atoms with Crippen LogP contribution in [0.25, 0.3) is 0 Å². The van der Waals surface area contributed by atoms with Crippen molar-refractivity contribution in [3.05, 3.63) is 12.2 Å². The maximum atomic E-state index is 12.3. The van der Waals surface area contributed by atoms with Crippen LogP contribution >= 0.6 is 0 Å². The number of esters is 3. The molecular formula is C33H52O6. The lowest BCUT2D eigenvalue weighted by Gasteiger charge is -2.63. The van der Waals surface area contributed by atoms with Gasteiger partial charge in [-0.3, -0.25) is 14.4 Å². The van der Waals surface area contributed by atoms with Gasteiger partial charge < -0.3 is 14.2 Å². The predicted molar refractivity (Wildman–Crippen MR) is 150 cm³/mol. The van der Waals surface area contributed by atoms with E-state index in [0.717, 1.165) is 19.3 Å². The van der Waals surface area contributed by atoms with Crippen molar-refractivity contribution in [2.75, 3.05) is 0 Å². The summed E-state index contributed by atoms with van der Waals surface area (Å²) in [4.78, 5) is 36.3. The van der Waals surface area contributed by atoms with Gasteiger partial charge in [-0.15, -0.1) is 0 Å². The number of allylic oxidation sites excluding steroid dienone is 2. The third-order valence-electron chi connectivity index (χ3n) is 11.3. The SMILES string of the molecule is CC(=O)OC1C[C@@H]2C(OC(C)=O)C[C@@H]3[C@H](CC[C@]4(C)[C@@H]([C@H](C)/C=C/CC(C)C)CC[C@@H]34)[C@@]2(C)CC1OC(C)=O. The van der Waals surface area contributed by atoms with Gasteiger partial charge in [0.25, 0.3) is 0 Å². The highest BCUT2D eigenvalue weighted by atomic mass is 16.6. The molecule has 0 aromatic carbocycles. The number of carbonyl (C=O) groups excluding carboxylic acids is 3. The number of ether oxygens (including phenoxy) is 3. The van der Waals surface area contributed by atoms with Crippen LogP contribution in [0.5, 0.6) is 0 Å². The Morgan fingerprint density at radius 1 is 0.769 bits per heavy atom. The lowest BCUT2D eigenvalue weighted by Crippen LogP contribution is -2.62. The first-order chi connectivity index (χ1) is 18.3. The smallest absolute Gasteiger partial charge is 0.303 e. The van der Waals surface area contributed by atoms with Gasteiger partial charge >= 0.3 is 17.9 Å². The molecule has 0 aliphatic heterocycles. The van der Waals surface area contributed by atoms with E-state index in [1.54, 1.807) is 0 Å². The fourth-order valence-electron chi connectivity index (χ4n) is 9.87. The number of hydrogen-bond donors (Lipinski definition) is 0. The molecule has 6 nitrogen and oxygen atoms in total. The Labute approximate surface area is 236 Å². The second-order valence-electron chi connectivity index (χ2n) is 14.3. The van der Waals surface area contributed by atoms with E-state index in [1.807, 2.05) is 0 Å². The van der Waals surface area contributed by atoms with Gasteiger partial charge in [-0.2, -0.15) is 0 Å². The molecule has 4 rings (SSSR count). The summed E-state index contributed by atoms with van der Waals surface area (Å²) in [5.41, 5.74) is 0.110. The van der Waals surface area contributed by atoms with Gasteiger partial charge in [0.1, 0.15) is 18.3 Å². The zero-order chi connectivity index (χ0) is 28.7. The van der Waals surface area contributed by atoms with Crippen molar-refractivity contribution < 1.29 is 28.6 Å². The molecule has 4 fully saturated rings. The first-order valence-corrected chi connectivity index (χ1v) is 15.4. The van der Waals surface area contributed by atoms with Crippen molar-refractivity contribution in [1.82, 2.24) is 0 Å². The largest absolute Gasteiger partial charge is 0.462 e. The van der Waals surface area contributed by atoms with Gasteiger partial charge in [0.05, 0.1) is 0 Å². The first-order valence-electron chi connectivity index (χ1n) is 15.4. The molecule has 3 unspecified atom stereocenters. The number of carbonyl (C=O) groups is 3. The van der Waals surface area contributed by atoms with Crippen molar-refractivity contribution in [3.8, 4) is 0 Å². The van der Waals surface area contributed by atoms with Gasteiger partial charge in [-0.05, 0) is 97.7 Å². The Bertz CT molecular complexity index is 956. The minimum Gasteiger partial charge on any atom is -0.462 e. The van der Waals surface area contributed by atoms with Gasteiger partial charge in [0, 0.05) is 26.7 Å². The molecule has 4 aliphatic carbocycles. The van der Waals surface area contributed by atoms with E-state index in [1.165, 1.54) is 40.0 Å². The first kappa shape index (κ1) is 30.1. The average Bonchev–Trinajstić information content (AvgIpc) is 3.16. The molecule has 4 saturated carbocycles. The third-order valence-corrected chi connectivity index (χ3v) is 11.3. The molecule has 0 radical (unpaired) electrons. The maximum Gasteiger partial charge on any atom is 0.303 e. The predicted octanol–water partition coefficient (Wildman–Crippen LogP) is 6.90. The quantitative estimate of drug-likeness (QED) is 0.197. The summed E-state index contributed by atoms with van der Waals surface area (Å²) in [7, 11) is 0. The highest BCUT2D eigenvalue weighted by Crippen LogP contribution is 2.68. The molecule has 0 spiro atoms. The van der Waals surface area contributed by atoms with E-state index >= 15 is 0 Å². The molecule has 0 bridgehead atoms. The van der Waals surface area contributed by atoms with Gasteiger partial charge in [-0.25, -0.2) is 0 Å². The van der Waals surface area contributed by atoms with Crippen molar-refractivity contribution in [1.29, 1.82) is 0 Å². The molecule has 0 aromatic rings. The minimum absolute atomic E-state index is 0.0678. The minimum atomic E-state index is -0.512. The van der Waals surface area contributed by atoms with Gasteiger partial charge in [0.15, 0.2) is 0 Å². The molecule has 0 amide bonds. The molecular weight excluding hydrogens is 492 g/mol. The monoisotopic (exact) mass is 544 g/mol. The lowest BCUT2D eigenvalue weighted by molar-refractivity contribution is -0.219. The van der Waals surface area contributed by atoms with E-state index in [9.17, 15) is 14.4 Å². The van der Waals surface area contributed by atoms with Crippen molar-refractivity contribution in [2.24, 2.45) is 52.3 Å². The van der Waals surface area contributed by atoms with Crippen molar-refractivity contribution in [3.63, 3.8) is 0 Å². The van der Waals surface area contributed by atoms with Crippen LogP contribution in [-0.4, -0.2) is 36.2 Å². The van der Waals surface area contributed by atoms with E-state index in [0.29, 0.717) is 48.3 Å². The zero-order valence-electron chi connectivity index (χ0n) is 25.5. The topological polar surface area (TPSA) is 78.9 Å². The molecule has 220 valence electrons. The average molecular weight is 545 g/mol. The summed E-state index contributed by atoms with van der Waals surface area (Å²) in [5.74, 6) is 2.52. The van der Waals surface area contributed by atoms with Crippen molar-refractivity contribution in [2.45, 2.75) is 125 Å². The van der Waals surface area contributed by atoms with Crippen LogP contribution in [0.15, 0.2) is 12.2 Å². The summed E-state index contributed by atoms with van der Waals surface area (Å²) in [6.07, 6.45) is 11.7. The van der Waals surface area contributed by atoms with Crippen molar-refractivity contribution >= 4 is 17.9 Å². The Kier molecular flexibility index (Phi) is 8.93. The second kappa shape index (κ2) is 11.6. The van der Waals surface area contributed by atoms with E-state index < -0.39 is 12.2 Å². The molecule has 39 heavy (non-hydrogen) atoms. The van der Waals surface area contributed by atoms with E-state index in [-0.39, 0.29) is 40.8 Å². The fourth-order valence-corrected chi connectivity index (χ4v) is 9.87. The standard InChI is InChI=1S/C33H52O6/c1-19(2)10-9-11-20(3)25-12-13-26-24-16-29(37-21(4)34)28-17-30(38-22(5)35)31(39-23(6)36)18-33(28,8)27(24)14-15-32(25,26)7/h9,11,19-20,24-31H,10,12-18H2,1-8H3/b11-9+/t20-,24+,25-,26+,27+,28-,29?,30?,31?,32-,33-/m1/s1. The molecule has 11 atom stereocenters. The highest BCUT2D eigenvalue weighted by Gasteiger charge is 2.64. The summed E-state index contributed by atoms with van der Waals surface area (Å²) in [6.45, 7) is 16.1. The molecule has 0 aromatic heterocycles. The summed E-state index contributed by atoms with van der Waals surface area (Å²) in [5, 5.41) is 0. The highest BCUT2D eigenvalue weighted by molar-refractivity contribution is 5.67. The number of rotatable bonds is 7. The third kappa shape index (κ3) is 5.95. The summed E-state index contributed by atoms with van der Waals surface area (Å²) < 4.78 is 17.6. The van der Waals surface area contributed by atoms with Gasteiger partial charge in [0.2, 0.25) is 0 Å². The van der Waals surface area contributed by atoms with Crippen LogP contribution < -0.4 is 0 Å². The summed E-state index contributed by atoms with van der Waals surface area (Å²) in [6, 6.07) is 0. The second-order valence-corrected chi connectivity index (χ2v) is 14.3. The van der Waals surface area contributed by atoms with Crippen LogP contribution in [0.1, 0.15) is 107 Å². The number of fused-ring (bicyclic) bond motifs is 5. The molecule has 0 heterocycles. The number of hydrogen-bond acceptors (Lipinski definition) is 6. The Morgan fingerprint density at radius 3 is 1.97 bits per heavy atom. The normalized spacial score (nSPS) is 42.3. The Morgan fingerprint density at radius 2 is 1.36 bits per heavy atom. The van der Waals surface area contributed by atoms with Crippen LogP contribution in [0.4, 0.5) is 0 Å². The maximum absolute atomic E-state index is 12.3. The molecule has 0 saturated heterocycles. The van der Waals surface area contributed by atoms with Crippen LogP contribution in [0, 0.1) is 52.3 Å². The fraction of sp³-hybridized carbons (Fsp3) is 0.848. The van der Waals surface area contributed by atoms with E-state index in [4.69, 9.17) is 14.2 Å². The van der Waals surface area contributed by atoms with Crippen LogP contribution in [0.2, 0.25) is 0 Å². The summed E-state index contributed by atoms with van der Waals surface area (Å²) >= 11 is 0.